The zero-order valence-corrected chi connectivity index (χ0v) is 12.2. The van der Waals surface area contributed by atoms with Crippen LogP contribution in [0.25, 0.3) is 0 Å². The number of rotatable bonds is 4. The van der Waals surface area contributed by atoms with Gasteiger partial charge in [0.05, 0.1) is 6.04 Å². The van der Waals surface area contributed by atoms with Crippen molar-refractivity contribution in [2.45, 2.75) is 19.9 Å². The fraction of sp³-hybridized carbons (Fsp3) is 0.294. The van der Waals surface area contributed by atoms with Gasteiger partial charge in [-0.05, 0) is 31.5 Å². The first kappa shape index (κ1) is 14.5. The van der Waals surface area contributed by atoms with Crippen LogP contribution in [0.5, 0.6) is 0 Å². The first-order valence-corrected chi connectivity index (χ1v) is 6.79. The van der Waals surface area contributed by atoms with E-state index in [0.717, 1.165) is 5.69 Å². The maximum absolute atomic E-state index is 14.0. The molecule has 0 aliphatic carbocycles. The van der Waals surface area contributed by atoms with E-state index in [9.17, 15) is 4.39 Å². The minimum absolute atomic E-state index is 0.169. The Morgan fingerprint density at radius 3 is 2.45 bits per heavy atom. The Morgan fingerprint density at radius 2 is 1.85 bits per heavy atom. The van der Waals surface area contributed by atoms with Gasteiger partial charge < -0.3 is 10.6 Å². The molecule has 106 valence electrons. The standard InChI is InChI=1S/C17H21FN2/c1-12-8-9-16(13(2)10-12)20(3)17(11-19)14-6-4-5-7-15(14)18/h4-10,17H,11,19H2,1-3H3. The van der Waals surface area contributed by atoms with Crippen molar-refractivity contribution in [1.29, 1.82) is 0 Å². The van der Waals surface area contributed by atoms with Crippen LogP contribution in [0.2, 0.25) is 0 Å². The van der Waals surface area contributed by atoms with E-state index in [1.165, 1.54) is 17.2 Å². The second-order valence-corrected chi connectivity index (χ2v) is 5.17. The maximum Gasteiger partial charge on any atom is 0.128 e. The smallest absolute Gasteiger partial charge is 0.128 e. The Bertz CT molecular complexity index is 595. The predicted octanol–water partition coefficient (Wildman–Crippen LogP) is 3.58. The second kappa shape index (κ2) is 6.06. The lowest BCUT2D eigenvalue weighted by Gasteiger charge is -2.31. The second-order valence-electron chi connectivity index (χ2n) is 5.17. The van der Waals surface area contributed by atoms with E-state index in [0.29, 0.717) is 12.1 Å². The van der Waals surface area contributed by atoms with Gasteiger partial charge in [-0.2, -0.15) is 0 Å². The molecule has 1 unspecified atom stereocenters. The average Bonchev–Trinajstić information content (AvgIpc) is 2.41. The molecule has 20 heavy (non-hydrogen) atoms. The minimum Gasteiger partial charge on any atom is -0.366 e. The number of halogens is 1. The topological polar surface area (TPSA) is 29.3 Å². The van der Waals surface area contributed by atoms with Crippen LogP contribution < -0.4 is 10.6 Å². The number of anilines is 1. The molecule has 0 fully saturated rings. The molecule has 0 heterocycles. The van der Waals surface area contributed by atoms with Crippen molar-refractivity contribution in [2.24, 2.45) is 5.73 Å². The summed E-state index contributed by atoms with van der Waals surface area (Å²) < 4.78 is 14.0. The van der Waals surface area contributed by atoms with E-state index in [2.05, 4.69) is 32.0 Å². The third-order valence-corrected chi connectivity index (χ3v) is 3.69. The fourth-order valence-corrected chi connectivity index (χ4v) is 2.61. The Hall–Kier alpha value is -1.87. The van der Waals surface area contributed by atoms with Crippen molar-refractivity contribution in [3.05, 3.63) is 65.0 Å². The van der Waals surface area contributed by atoms with E-state index in [1.54, 1.807) is 12.1 Å². The highest BCUT2D eigenvalue weighted by atomic mass is 19.1. The molecule has 1 atom stereocenters. The molecule has 0 amide bonds. The Balaban J connectivity index is 2.39. The minimum atomic E-state index is -0.209. The van der Waals surface area contributed by atoms with Crippen LogP contribution in [0.1, 0.15) is 22.7 Å². The molecular formula is C17H21FN2. The molecule has 2 rings (SSSR count). The van der Waals surface area contributed by atoms with Gasteiger partial charge >= 0.3 is 0 Å². The van der Waals surface area contributed by atoms with Gasteiger partial charge in [-0.3, -0.25) is 0 Å². The monoisotopic (exact) mass is 272 g/mol. The molecule has 2 aromatic carbocycles. The fourth-order valence-electron chi connectivity index (χ4n) is 2.61. The summed E-state index contributed by atoms with van der Waals surface area (Å²) in [6.07, 6.45) is 0. The molecule has 2 aromatic rings. The van der Waals surface area contributed by atoms with Gasteiger partial charge in [0.15, 0.2) is 0 Å². The van der Waals surface area contributed by atoms with E-state index >= 15 is 0 Å². The molecule has 0 aliphatic heterocycles. The first-order valence-electron chi connectivity index (χ1n) is 6.79. The van der Waals surface area contributed by atoms with Crippen LogP contribution >= 0.6 is 0 Å². The first-order chi connectivity index (χ1) is 9.54. The lowest BCUT2D eigenvalue weighted by Crippen LogP contribution is -2.31. The molecule has 0 spiro atoms. The lowest BCUT2D eigenvalue weighted by molar-refractivity contribution is 0.572. The number of likely N-dealkylation sites (N-methyl/N-ethyl adjacent to an activating group) is 1. The molecule has 2 nitrogen and oxygen atoms in total. The number of nitrogens with zero attached hydrogens (tertiary/aromatic N) is 1. The van der Waals surface area contributed by atoms with E-state index in [4.69, 9.17) is 5.73 Å². The number of nitrogens with two attached hydrogens (primary N) is 1. The SMILES string of the molecule is Cc1ccc(N(C)C(CN)c2ccccc2F)c(C)c1. The number of hydrogen-bond acceptors (Lipinski definition) is 2. The number of benzene rings is 2. The van der Waals surface area contributed by atoms with Crippen molar-refractivity contribution in [3.63, 3.8) is 0 Å². The van der Waals surface area contributed by atoms with Gasteiger partial charge in [0, 0.05) is 24.8 Å². The Kier molecular flexibility index (Phi) is 4.40. The molecule has 0 bridgehead atoms. The third-order valence-electron chi connectivity index (χ3n) is 3.69. The van der Waals surface area contributed by atoms with Gasteiger partial charge in [0.2, 0.25) is 0 Å². The van der Waals surface area contributed by atoms with Crippen molar-refractivity contribution in [2.75, 3.05) is 18.5 Å². The van der Waals surface area contributed by atoms with Gasteiger partial charge in [0.25, 0.3) is 0 Å². The van der Waals surface area contributed by atoms with Crippen LogP contribution in [-0.4, -0.2) is 13.6 Å². The lowest BCUT2D eigenvalue weighted by atomic mass is 10.0. The van der Waals surface area contributed by atoms with Crippen molar-refractivity contribution >= 4 is 5.69 Å². The van der Waals surface area contributed by atoms with Gasteiger partial charge in [0.1, 0.15) is 5.82 Å². The summed E-state index contributed by atoms with van der Waals surface area (Å²) in [7, 11) is 1.96. The van der Waals surface area contributed by atoms with Crippen molar-refractivity contribution in [1.82, 2.24) is 0 Å². The van der Waals surface area contributed by atoms with E-state index in [1.807, 2.05) is 18.0 Å². The van der Waals surface area contributed by atoms with E-state index in [-0.39, 0.29) is 11.9 Å². The number of hydrogen-bond donors (Lipinski definition) is 1. The summed E-state index contributed by atoms with van der Waals surface area (Å²) in [5.74, 6) is -0.209. The van der Waals surface area contributed by atoms with Crippen LogP contribution in [0.3, 0.4) is 0 Å². The molecule has 0 radical (unpaired) electrons. The highest BCUT2D eigenvalue weighted by Crippen LogP contribution is 2.29. The van der Waals surface area contributed by atoms with Gasteiger partial charge in [-0.1, -0.05) is 35.9 Å². The van der Waals surface area contributed by atoms with Crippen LogP contribution in [0.15, 0.2) is 42.5 Å². The summed E-state index contributed by atoms with van der Waals surface area (Å²) in [6.45, 7) is 4.49. The molecule has 2 N–H and O–H groups in total. The summed E-state index contributed by atoms with van der Waals surface area (Å²) in [6, 6.07) is 12.9. The number of aryl methyl sites for hydroxylation is 2. The molecule has 0 aromatic heterocycles. The summed E-state index contributed by atoms with van der Waals surface area (Å²) in [5, 5.41) is 0. The molecular weight excluding hydrogens is 251 g/mol. The van der Waals surface area contributed by atoms with Gasteiger partial charge in [-0.15, -0.1) is 0 Å². The normalized spacial score (nSPS) is 12.2. The maximum atomic E-state index is 14.0. The quantitative estimate of drug-likeness (QED) is 0.921. The Morgan fingerprint density at radius 1 is 1.15 bits per heavy atom. The summed E-state index contributed by atoms with van der Waals surface area (Å²) in [4.78, 5) is 2.05. The highest BCUT2D eigenvalue weighted by molar-refractivity contribution is 5.55. The third kappa shape index (κ3) is 2.83. The summed E-state index contributed by atoms with van der Waals surface area (Å²) in [5.41, 5.74) is 9.98. The molecule has 0 aliphatic rings. The Labute approximate surface area is 120 Å². The van der Waals surface area contributed by atoms with Crippen LogP contribution in [0.4, 0.5) is 10.1 Å². The predicted molar refractivity (Wildman–Crippen MR) is 82.5 cm³/mol. The zero-order chi connectivity index (χ0) is 14.7. The van der Waals surface area contributed by atoms with Crippen molar-refractivity contribution < 1.29 is 4.39 Å². The summed E-state index contributed by atoms with van der Waals surface area (Å²) >= 11 is 0. The van der Waals surface area contributed by atoms with Crippen LogP contribution in [0, 0.1) is 19.7 Å². The van der Waals surface area contributed by atoms with Crippen LogP contribution in [-0.2, 0) is 0 Å². The molecule has 3 heteroatoms. The molecule has 0 saturated carbocycles. The molecule has 0 saturated heterocycles. The van der Waals surface area contributed by atoms with Gasteiger partial charge in [-0.25, -0.2) is 4.39 Å². The van der Waals surface area contributed by atoms with E-state index < -0.39 is 0 Å². The van der Waals surface area contributed by atoms with Crippen molar-refractivity contribution in [3.8, 4) is 0 Å². The highest BCUT2D eigenvalue weighted by Gasteiger charge is 2.20. The largest absolute Gasteiger partial charge is 0.366 e. The average molecular weight is 272 g/mol. The zero-order valence-electron chi connectivity index (χ0n) is 12.2.